The van der Waals surface area contributed by atoms with Gasteiger partial charge >= 0.3 is 6.03 Å². The molecule has 1 aliphatic heterocycles. The third kappa shape index (κ3) is 3.43. The first kappa shape index (κ1) is 18.6. The molecule has 2 aromatic rings. The largest absolute Gasteiger partial charge is 0.325 e. The Kier molecular flexibility index (Phi) is 4.99. The first-order valence-corrected chi connectivity index (χ1v) is 8.94. The number of nitrogens with zero attached hydrogens (tertiary/aromatic N) is 1. The van der Waals surface area contributed by atoms with Crippen LogP contribution >= 0.6 is 0 Å². The van der Waals surface area contributed by atoms with E-state index in [0.717, 1.165) is 16.0 Å². The van der Waals surface area contributed by atoms with Gasteiger partial charge in [-0.3, -0.25) is 14.5 Å². The number of urea groups is 1. The van der Waals surface area contributed by atoms with E-state index in [9.17, 15) is 14.4 Å². The van der Waals surface area contributed by atoms with Gasteiger partial charge in [0.05, 0.1) is 0 Å². The molecule has 0 aliphatic carbocycles. The van der Waals surface area contributed by atoms with E-state index in [1.165, 1.54) is 0 Å². The van der Waals surface area contributed by atoms with Crippen LogP contribution in [-0.4, -0.2) is 29.3 Å². The van der Waals surface area contributed by atoms with Crippen LogP contribution in [0.25, 0.3) is 0 Å². The lowest BCUT2D eigenvalue weighted by Crippen LogP contribution is -2.44. The summed E-state index contributed by atoms with van der Waals surface area (Å²) in [6.07, 6.45) is 0.399. The Bertz CT molecular complexity index is 895. The summed E-state index contributed by atoms with van der Waals surface area (Å²) in [6.45, 7) is 5.33. The summed E-state index contributed by atoms with van der Waals surface area (Å²) in [6, 6.07) is 14.3. The second kappa shape index (κ2) is 7.23. The molecule has 1 fully saturated rings. The Morgan fingerprint density at radius 3 is 2.48 bits per heavy atom. The van der Waals surface area contributed by atoms with Gasteiger partial charge in [0, 0.05) is 5.69 Å². The van der Waals surface area contributed by atoms with E-state index in [4.69, 9.17) is 0 Å². The maximum Gasteiger partial charge on any atom is 0.325 e. The SMILES string of the molecule is CC[C@@]1(c2ccccc2)NC(=O)N(CC(=O)Nc2cc(C)ccc2C)C1=O. The van der Waals surface area contributed by atoms with Gasteiger partial charge in [0.2, 0.25) is 5.91 Å². The lowest BCUT2D eigenvalue weighted by Gasteiger charge is -2.25. The van der Waals surface area contributed by atoms with E-state index in [1.807, 2.05) is 57.2 Å². The number of anilines is 1. The first-order chi connectivity index (χ1) is 12.9. The van der Waals surface area contributed by atoms with E-state index in [1.54, 1.807) is 12.1 Å². The molecule has 0 bridgehead atoms. The molecule has 0 radical (unpaired) electrons. The van der Waals surface area contributed by atoms with Crippen molar-refractivity contribution in [3.05, 3.63) is 65.2 Å². The normalized spacial score (nSPS) is 19.1. The van der Waals surface area contributed by atoms with E-state index < -0.39 is 23.4 Å². The molecule has 1 atom stereocenters. The van der Waals surface area contributed by atoms with Crippen molar-refractivity contribution in [2.24, 2.45) is 0 Å². The fraction of sp³-hybridized carbons (Fsp3) is 0.286. The Morgan fingerprint density at radius 2 is 1.81 bits per heavy atom. The average Bonchev–Trinajstić information content (AvgIpc) is 2.90. The van der Waals surface area contributed by atoms with Gasteiger partial charge in [0.25, 0.3) is 5.91 Å². The fourth-order valence-electron chi connectivity index (χ4n) is 3.34. The molecule has 2 N–H and O–H groups in total. The molecular formula is C21H23N3O3. The van der Waals surface area contributed by atoms with Crippen LogP contribution in [0.1, 0.15) is 30.0 Å². The molecule has 6 heteroatoms. The molecule has 0 saturated carbocycles. The summed E-state index contributed by atoms with van der Waals surface area (Å²) in [5.74, 6) is -0.815. The number of carbonyl (C=O) groups excluding carboxylic acids is 3. The molecule has 1 aliphatic rings. The number of hydrogen-bond acceptors (Lipinski definition) is 3. The number of hydrogen-bond donors (Lipinski definition) is 2. The molecule has 1 saturated heterocycles. The third-order valence-electron chi connectivity index (χ3n) is 4.94. The molecule has 6 nitrogen and oxygen atoms in total. The molecule has 0 spiro atoms. The number of imide groups is 1. The zero-order valence-corrected chi connectivity index (χ0v) is 15.7. The minimum absolute atomic E-state index is 0.327. The number of rotatable bonds is 5. The second-order valence-corrected chi connectivity index (χ2v) is 6.81. The van der Waals surface area contributed by atoms with Crippen molar-refractivity contribution >= 4 is 23.5 Å². The highest BCUT2D eigenvalue weighted by molar-refractivity contribution is 6.10. The molecule has 2 aromatic carbocycles. The van der Waals surface area contributed by atoms with Crippen LogP contribution in [0.3, 0.4) is 0 Å². The van der Waals surface area contributed by atoms with Crippen molar-refractivity contribution in [3.63, 3.8) is 0 Å². The van der Waals surface area contributed by atoms with Crippen molar-refractivity contribution < 1.29 is 14.4 Å². The zero-order valence-electron chi connectivity index (χ0n) is 15.7. The number of aryl methyl sites for hydroxylation is 2. The zero-order chi connectivity index (χ0) is 19.6. The monoisotopic (exact) mass is 365 g/mol. The second-order valence-electron chi connectivity index (χ2n) is 6.81. The van der Waals surface area contributed by atoms with Gasteiger partial charge in [-0.25, -0.2) is 4.79 Å². The van der Waals surface area contributed by atoms with Crippen LogP contribution in [0.4, 0.5) is 10.5 Å². The Morgan fingerprint density at radius 1 is 1.11 bits per heavy atom. The van der Waals surface area contributed by atoms with Crippen molar-refractivity contribution in [1.29, 1.82) is 0 Å². The van der Waals surface area contributed by atoms with Crippen molar-refractivity contribution in [1.82, 2.24) is 10.2 Å². The average molecular weight is 365 g/mol. The van der Waals surface area contributed by atoms with Crippen molar-refractivity contribution in [3.8, 4) is 0 Å². The van der Waals surface area contributed by atoms with Crippen LogP contribution < -0.4 is 10.6 Å². The number of nitrogens with one attached hydrogen (secondary N) is 2. The lowest BCUT2D eigenvalue weighted by atomic mass is 9.87. The topological polar surface area (TPSA) is 78.5 Å². The molecule has 0 unspecified atom stereocenters. The number of amides is 4. The van der Waals surface area contributed by atoms with Gasteiger partial charge in [-0.15, -0.1) is 0 Å². The molecule has 27 heavy (non-hydrogen) atoms. The van der Waals surface area contributed by atoms with Crippen molar-refractivity contribution in [2.45, 2.75) is 32.7 Å². The smallest absolute Gasteiger partial charge is 0.324 e. The molecule has 3 rings (SSSR count). The van der Waals surface area contributed by atoms with Crippen LogP contribution in [-0.2, 0) is 15.1 Å². The Labute approximate surface area is 158 Å². The predicted octanol–water partition coefficient (Wildman–Crippen LogP) is 3.10. The standard InChI is InChI=1S/C21H23N3O3/c1-4-21(16-8-6-5-7-9-16)19(26)24(20(27)23-21)13-18(25)22-17-12-14(2)10-11-15(17)3/h5-12H,4,13H2,1-3H3,(H,22,25)(H,23,27)/t21-/m0/s1. The van der Waals surface area contributed by atoms with Gasteiger partial charge in [-0.2, -0.15) is 0 Å². The summed E-state index contributed by atoms with van der Waals surface area (Å²) in [7, 11) is 0. The summed E-state index contributed by atoms with van der Waals surface area (Å²) in [5, 5.41) is 5.57. The number of carbonyl (C=O) groups is 3. The molecule has 1 heterocycles. The van der Waals surface area contributed by atoms with Crippen LogP contribution in [0.15, 0.2) is 48.5 Å². The van der Waals surface area contributed by atoms with Crippen LogP contribution in [0.2, 0.25) is 0 Å². The molecule has 0 aromatic heterocycles. The lowest BCUT2D eigenvalue weighted by molar-refractivity contribution is -0.134. The summed E-state index contributed by atoms with van der Waals surface area (Å²) < 4.78 is 0. The van der Waals surface area contributed by atoms with Gasteiger partial charge in [-0.1, -0.05) is 49.4 Å². The van der Waals surface area contributed by atoms with Crippen LogP contribution in [0.5, 0.6) is 0 Å². The predicted molar refractivity (Wildman–Crippen MR) is 103 cm³/mol. The molecule has 4 amide bonds. The van der Waals surface area contributed by atoms with E-state index in [-0.39, 0.29) is 6.54 Å². The summed E-state index contributed by atoms with van der Waals surface area (Å²) in [5.41, 5.74) is 2.19. The van der Waals surface area contributed by atoms with Gasteiger partial charge in [0.15, 0.2) is 0 Å². The third-order valence-corrected chi connectivity index (χ3v) is 4.94. The highest BCUT2D eigenvalue weighted by Gasteiger charge is 2.51. The Balaban J connectivity index is 1.79. The van der Waals surface area contributed by atoms with Gasteiger partial charge in [0.1, 0.15) is 12.1 Å². The maximum atomic E-state index is 13.0. The quantitative estimate of drug-likeness (QED) is 0.799. The highest BCUT2D eigenvalue weighted by atomic mass is 16.2. The van der Waals surface area contributed by atoms with E-state index >= 15 is 0 Å². The minimum Gasteiger partial charge on any atom is -0.324 e. The summed E-state index contributed by atoms with van der Waals surface area (Å²) >= 11 is 0. The fourth-order valence-corrected chi connectivity index (χ4v) is 3.34. The minimum atomic E-state index is -1.13. The van der Waals surface area contributed by atoms with E-state index in [0.29, 0.717) is 17.7 Å². The Hall–Kier alpha value is -3.15. The maximum absolute atomic E-state index is 13.0. The molecular weight excluding hydrogens is 342 g/mol. The van der Waals surface area contributed by atoms with E-state index in [2.05, 4.69) is 10.6 Å². The first-order valence-electron chi connectivity index (χ1n) is 8.94. The van der Waals surface area contributed by atoms with Gasteiger partial charge in [-0.05, 0) is 43.0 Å². The van der Waals surface area contributed by atoms with Crippen molar-refractivity contribution in [2.75, 3.05) is 11.9 Å². The number of benzene rings is 2. The molecule has 140 valence electrons. The van der Waals surface area contributed by atoms with Crippen LogP contribution in [0, 0.1) is 13.8 Å². The summed E-state index contributed by atoms with van der Waals surface area (Å²) in [4.78, 5) is 39.0. The van der Waals surface area contributed by atoms with Gasteiger partial charge < -0.3 is 10.6 Å². The highest BCUT2D eigenvalue weighted by Crippen LogP contribution is 2.32.